The third-order valence-electron chi connectivity index (χ3n) is 10.5. The van der Waals surface area contributed by atoms with Crippen molar-refractivity contribution in [3.63, 3.8) is 0 Å². The second-order valence-electron chi connectivity index (χ2n) is 17.6. The fourth-order valence-electron chi connectivity index (χ4n) is 6.86. The van der Waals surface area contributed by atoms with E-state index < -0.39 is 16.1 Å². The average Bonchev–Trinajstić information content (AvgIpc) is 3.89. The number of sulfonamides is 1. The van der Waals surface area contributed by atoms with Crippen molar-refractivity contribution in [2.45, 2.75) is 11.3 Å². The summed E-state index contributed by atoms with van der Waals surface area (Å²) in [5.41, 5.74) is 33.2. The highest BCUT2D eigenvalue weighted by Gasteiger charge is 2.30. The minimum absolute atomic E-state index is 0.00308. The molecule has 5 aromatic carbocycles. The molecule has 3 saturated heterocycles. The lowest BCUT2D eigenvalue weighted by Crippen LogP contribution is -2.41. The van der Waals surface area contributed by atoms with E-state index in [9.17, 15) is 37.2 Å². The lowest BCUT2D eigenvalue weighted by molar-refractivity contribution is -0.118. The number of carbonyl (C=O) groups excluding carboxylic acids is 6. The molecule has 8 amide bonds. The first-order valence-corrected chi connectivity index (χ1v) is 25.3. The van der Waals surface area contributed by atoms with E-state index in [-0.39, 0.29) is 47.6 Å². The van der Waals surface area contributed by atoms with Gasteiger partial charge >= 0.3 is 12.1 Å². The number of carbonyl (C=O) groups is 6. The summed E-state index contributed by atoms with van der Waals surface area (Å²) >= 11 is 0. The quantitative estimate of drug-likeness (QED) is 0.0434. The van der Waals surface area contributed by atoms with E-state index >= 15 is 0 Å². The molecule has 25 heteroatoms. The normalized spacial score (nSPS) is 14.1. The Morgan fingerprint density at radius 1 is 0.592 bits per heavy atom. The first-order valence-electron chi connectivity index (χ1n) is 23.8. The molecule has 0 saturated carbocycles. The Bertz CT molecular complexity index is 2800. The number of amides is 8. The predicted octanol–water partition coefficient (Wildman–Crippen LogP) is 2.46. The molecule has 3 aliphatic heterocycles. The van der Waals surface area contributed by atoms with Gasteiger partial charge in [-0.3, -0.25) is 24.1 Å². The number of imide groups is 2. The molecule has 76 heavy (non-hydrogen) atoms. The maximum atomic E-state index is 11.8. The molecule has 24 nitrogen and oxygen atoms in total. The second kappa shape index (κ2) is 30.1. The Kier molecular flexibility index (Phi) is 23.9. The Labute approximate surface area is 442 Å². The fourth-order valence-corrected chi connectivity index (χ4v) is 7.98. The lowest BCUT2D eigenvalue weighted by atomic mass is 10.2. The van der Waals surface area contributed by atoms with Crippen LogP contribution in [0.2, 0.25) is 0 Å². The highest BCUT2D eigenvalue weighted by atomic mass is 32.2. The largest absolute Gasteiger partial charge is 0.399 e. The van der Waals surface area contributed by atoms with Crippen LogP contribution in [0.5, 0.6) is 0 Å². The van der Waals surface area contributed by atoms with Crippen LogP contribution in [0, 0.1) is 0 Å². The number of benzene rings is 5. The Hall–Kier alpha value is -8.33. The number of hydrogen-bond donors (Lipinski definition) is 10. The summed E-state index contributed by atoms with van der Waals surface area (Å²) in [5.74, 6) is -0.558. The van der Waals surface area contributed by atoms with E-state index in [4.69, 9.17) is 33.4 Å². The van der Waals surface area contributed by atoms with Gasteiger partial charge in [-0.2, -0.15) is 0 Å². The zero-order valence-electron chi connectivity index (χ0n) is 43.0. The number of morpholine rings is 1. The summed E-state index contributed by atoms with van der Waals surface area (Å²) in [7, 11) is 4.16. The van der Waals surface area contributed by atoms with Gasteiger partial charge in [-0.25, -0.2) is 32.5 Å². The van der Waals surface area contributed by atoms with Gasteiger partial charge in [0.25, 0.3) is 11.8 Å². The molecule has 15 N–H and O–H groups in total. The smallest absolute Gasteiger partial charge is 0.329 e. The monoisotopic (exact) mass is 1070 g/mol. The summed E-state index contributed by atoms with van der Waals surface area (Å²) < 4.78 is 31.5. The highest BCUT2D eigenvalue weighted by molar-refractivity contribution is 7.89. The molecule has 3 aliphatic rings. The van der Waals surface area contributed by atoms with Crippen molar-refractivity contribution in [2.75, 3.05) is 143 Å². The molecule has 3 fully saturated rings. The van der Waals surface area contributed by atoms with Gasteiger partial charge in [0.05, 0.1) is 55.7 Å². The molecule has 0 aliphatic carbocycles. The van der Waals surface area contributed by atoms with E-state index in [2.05, 4.69) is 30.9 Å². The third kappa shape index (κ3) is 21.3. The number of nitrogens with two attached hydrogens (primary N) is 5. The van der Waals surface area contributed by atoms with E-state index in [0.717, 1.165) is 47.2 Å². The maximum Gasteiger partial charge on any atom is 0.329 e. The highest BCUT2D eigenvalue weighted by Crippen LogP contribution is 2.21. The van der Waals surface area contributed by atoms with Crippen LogP contribution >= 0.6 is 0 Å². The van der Waals surface area contributed by atoms with Crippen LogP contribution in [0.15, 0.2) is 126 Å². The van der Waals surface area contributed by atoms with Gasteiger partial charge in [-0.1, -0.05) is 18.2 Å². The molecule has 0 unspecified atom stereocenters. The number of likely N-dealkylation sites (N-methyl/N-ethyl adjacent to an activating group) is 1. The zero-order chi connectivity index (χ0) is 55.8. The molecule has 0 radical (unpaired) electrons. The lowest BCUT2D eigenvalue weighted by Gasteiger charge is -2.25. The summed E-state index contributed by atoms with van der Waals surface area (Å²) in [4.78, 5) is 76.4. The van der Waals surface area contributed by atoms with Crippen molar-refractivity contribution in [2.24, 2.45) is 0 Å². The van der Waals surface area contributed by atoms with Crippen LogP contribution in [0.25, 0.3) is 0 Å². The molecule has 0 spiro atoms. The van der Waals surface area contributed by atoms with Gasteiger partial charge in [-0.15, -0.1) is 0 Å². The minimum atomic E-state index is -3.43. The summed E-state index contributed by atoms with van der Waals surface area (Å²) in [6, 6.07) is 33.0. The Morgan fingerprint density at radius 3 is 1.62 bits per heavy atom. The molecular formula is C51H69N15O9S. The molecular weight excluding hydrogens is 999 g/mol. The van der Waals surface area contributed by atoms with Crippen molar-refractivity contribution in [3.8, 4) is 0 Å². The predicted molar refractivity (Wildman–Crippen MR) is 297 cm³/mol. The molecule has 0 aromatic heterocycles. The summed E-state index contributed by atoms with van der Waals surface area (Å²) in [6.45, 7) is 5.20. The molecule has 0 atom stereocenters. The van der Waals surface area contributed by atoms with Crippen molar-refractivity contribution in [3.05, 3.63) is 121 Å². The van der Waals surface area contributed by atoms with E-state index in [1.54, 1.807) is 103 Å². The van der Waals surface area contributed by atoms with Gasteiger partial charge in [0.2, 0.25) is 21.8 Å². The molecule has 5 aromatic rings. The number of nitrogen functional groups attached to an aromatic ring is 5. The summed E-state index contributed by atoms with van der Waals surface area (Å²) in [5, 5.41) is 10.5. The van der Waals surface area contributed by atoms with E-state index in [1.807, 2.05) is 44.1 Å². The number of anilines is 9. The van der Waals surface area contributed by atoms with Crippen LogP contribution in [0.1, 0.15) is 6.42 Å². The first-order chi connectivity index (χ1) is 36.1. The van der Waals surface area contributed by atoms with Crippen molar-refractivity contribution >= 4 is 96.9 Å². The van der Waals surface area contributed by atoms with Crippen molar-refractivity contribution in [1.82, 2.24) is 30.1 Å². The molecule has 3 heterocycles. The number of urea groups is 2. The molecule has 408 valence electrons. The van der Waals surface area contributed by atoms with E-state index in [0.29, 0.717) is 72.7 Å². The van der Waals surface area contributed by atoms with E-state index in [1.165, 1.54) is 12.1 Å². The SMILES string of the molecule is CN(C)CC(=O)Nc1cccc(N)c1.CN(C)CCCNS(=O)(=O)c1cccc(N)c1.Nc1ccc(N2C(=O)CNC2=O)cc1.Nc1ccc(NC(=O)CN2CCOCC2)cc1.Nc1cccc(N2C(=O)CNC2=O)c1. The second-order valence-corrected chi connectivity index (χ2v) is 19.3. The first kappa shape index (κ1) is 60.2. The van der Waals surface area contributed by atoms with Gasteiger partial charge in [0.15, 0.2) is 0 Å². The topological polar surface area (TPSA) is 352 Å². The minimum Gasteiger partial charge on any atom is -0.399 e. The number of hydrogen-bond acceptors (Lipinski definition) is 17. The van der Waals surface area contributed by atoms with Crippen LogP contribution < -0.4 is 64.5 Å². The molecule has 0 bridgehead atoms. The molecule has 8 rings (SSSR count). The Morgan fingerprint density at radius 2 is 1.11 bits per heavy atom. The van der Waals surface area contributed by atoms with Gasteiger partial charge in [0, 0.05) is 59.4 Å². The van der Waals surface area contributed by atoms with Crippen LogP contribution in [-0.4, -0.2) is 153 Å². The Balaban J connectivity index is 0.000000206. The van der Waals surface area contributed by atoms with Gasteiger partial charge < -0.3 is 64.5 Å². The van der Waals surface area contributed by atoms with Crippen molar-refractivity contribution in [1.29, 1.82) is 0 Å². The third-order valence-corrected chi connectivity index (χ3v) is 12.0. The van der Waals surface area contributed by atoms with Crippen LogP contribution in [-0.2, 0) is 33.9 Å². The standard InChI is InChI=1S/C12H17N3O2.C11H19N3O2S.C10H15N3O.2C9H9N3O2/c13-10-1-3-11(4-2-10)14-12(16)9-15-5-7-17-8-6-15;1-14(2)8-4-7-13-17(15,16)11-6-3-5-10(12)9-11;1-13(2)7-10(14)12-9-5-3-4-8(11)6-9;10-6-1-3-7(4-2-6)12-8(13)5-11-9(12)14;10-6-2-1-3-7(4-6)12-8(13)5-11-9(12)14/h1-4H,5-9,13H2,(H,14,16);3,5-6,9,13H,4,7-8,12H2,1-2H3;3-6H,7,11H2,1-2H3,(H,12,14);2*1-4H,5,10H2,(H,11,14). The number of nitrogens with one attached hydrogen (secondary N) is 5. The fraction of sp³-hybridized carbons (Fsp3) is 0.294. The maximum absolute atomic E-state index is 11.8. The van der Waals surface area contributed by atoms with Crippen LogP contribution in [0.4, 0.5) is 60.8 Å². The van der Waals surface area contributed by atoms with Gasteiger partial charge in [-0.05, 0) is 144 Å². The number of rotatable bonds is 14. The van der Waals surface area contributed by atoms with Crippen molar-refractivity contribution < 1.29 is 41.9 Å². The number of nitrogens with zero attached hydrogens (tertiary/aromatic N) is 5. The number of ether oxygens (including phenoxy) is 1. The van der Waals surface area contributed by atoms with Gasteiger partial charge in [0.1, 0.15) is 0 Å². The van der Waals surface area contributed by atoms with Crippen LogP contribution in [0.3, 0.4) is 0 Å². The average molecular weight is 1070 g/mol. The summed E-state index contributed by atoms with van der Waals surface area (Å²) in [6.07, 6.45) is 0.772. The zero-order valence-corrected chi connectivity index (χ0v) is 43.8.